The Morgan fingerprint density at radius 2 is 1.53 bits per heavy atom. The number of nitrogens with one attached hydrogen (secondary N) is 1. The van der Waals surface area contributed by atoms with Gasteiger partial charge in [0.1, 0.15) is 5.82 Å². The number of ether oxygens (including phenoxy) is 1. The standard InChI is InChI=1S/C26H25F4NO/c27-22-14-18(13-21(15-22)26(28,29)30)17-32-24-11-12-31-16-23(24)25(19-7-3-1-4-8-19)20-9-5-2-6-10-20/h1-10,13-15,23-25,31H,11-12,16-17H2. The molecule has 3 aromatic rings. The van der Waals surface area contributed by atoms with Gasteiger partial charge < -0.3 is 10.1 Å². The zero-order valence-corrected chi connectivity index (χ0v) is 17.5. The predicted octanol–water partition coefficient (Wildman–Crippen LogP) is 6.17. The van der Waals surface area contributed by atoms with Gasteiger partial charge in [0.2, 0.25) is 0 Å². The minimum Gasteiger partial charge on any atom is -0.373 e. The molecular formula is C26H25F4NO. The van der Waals surface area contributed by atoms with Crippen LogP contribution in [-0.4, -0.2) is 19.2 Å². The van der Waals surface area contributed by atoms with Crippen molar-refractivity contribution in [1.29, 1.82) is 0 Å². The van der Waals surface area contributed by atoms with Crippen LogP contribution in [0.3, 0.4) is 0 Å². The molecule has 32 heavy (non-hydrogen) atoms. The van der Waals surface area contributed by atoms with Gasteiger partial charge in [0.05, 0.1) is 18.3 Å². The second-order valence-electron chi connectivity index (χ2n) is 8.15. The lowest BCUT2D eigenvalue weighted by atomic mass is 9.76. The van der Waals surface area contributed by atoms with Crippen LogP contribution in [0.5, 0.6) is 0 Å². The van der Waals surface area contributed by atoms with Gasteiger partial charge in [-0.2, -0.15) is 13.2 Å². The fourth-order valence-corrected chi connectivity index (χ4v) is 4.51. The van der Waals surface area contributed by atoms with Crippen molar-refractivity contribution in [3.05, 3.63) is 107 Å². The summed E-state index contributed by atoms with van der Waals surface area (Å²) in [4.78, 5) is 0. The van der Waals surface area contributed by atoms with Gasteiger partial charge in [-0.1, -0.05) is 60.7 Å². The highest BCUT2D eigenvalue weighted by Gasteiger charge is 2.35. The zero-order chi connectivity index (χ0) is 22.6. The Morgan fingerprint density at radius 1 is 0.906 bits per heavy atom. The molecule has 4 rings (SSSR count). The second kappa shape index (κ2) is 9.84. The summed E-state index contributed by atoms with van der Waals surface area (Å²) in [5, 5.41) is 3.43. The van der Waals surface area contributed by atoms with Gasteiger partial charge in [-0.25, -0.2) is 4.39 Å². The summed E-state index contributed by atoms with van der Waals surface area (Å²) in [7, 11) is 0. The lowest BCUT2D eigenvalue weighted by Crippen LogP contribution is -2.44. The van der Waals surface area contributed by atoms with E-state index in [1.54, 1.807) is 0 Å². The first-order chi connectivity index (χ1) is 15.4. The molecule has 3 aromatic carbocycles. The minimum absolute atomic E-state index is 0.0634. The summed E-state index contributed by atoms with van der Waals surface area (Å²) in [5.41, 5.74) is 1.51. The van der Waals surface area contributed by atoms with Crippen LogP contribution >= 0.6 is 0 Å². The maximum Gasteiger partial charge on any atom is 0.416 e. The molecule has 2 atom stereocenters. The van der Waals surface area contributed by atoms with Crippen molar-refractivity contribution in [2.45, 2.75) is 31.2 Å². The number of alkyl halides is 3. The van der Waals surface area contributed by atoms with E-state index in [0.717, 1.165) is 42.8 Å². The minimum atomic E-state index is -4.60. The summed E-state index contributed by atoms with van der Waals surface area (Å²) < 4.78 is 59.2. The summed E-state index contributed by atoms with van der Waals surface area (Å²) in [6, 6.07) is 22.9. The van der Waals surface area contributed by atoms with Gasteiger partial charge >= 0.3 is 6.18 Å². The van der Waals surface area contributed by atoms with E-state index in [0.29, 0.717) is 6.07 Å². The molecule has 0 aromatic heterocycles. The lowest BCUT2D eigenvalue weighted by molar-refractivity contribution is -0.137. The van der Waals surface area contributed by atoms with Gasteiger partial charge in [0.15, 0.2) is 0 Å². The van der Waals surface area contributed by atoms with Gasteiger partial charge in [-0.15, -0.1) is 0 Å². The van der Waals surface area contributed by atoms with E-state index in [1.807, 2.05) is 36.4 Å². The molecule has 0 radical (unpaired) electrons. The van der Waals surface area contributed by atoms with Crippen LogP contribution in [0.4, 0.5) is 17.6 Å². The molecule has 1 aliphatic rings. The highest BCUT2D eigenvalue weighted by Crippen LogP contribution is 2.37. The van der Waals surface area contributed by atoms with E-state index in [4.69, 9.17) is 4.74 Å². The van der Waals surface area contributed by atoms with Crippen LogP contribution < -0.4 is 5.32 Å². The molecule has 0 bridgehead atoms. The van der Waals surface area contributed by atoms with Crippen molar-refractivity contribution >= 4 is 0 Å². The summed E-state index contributed by atoms with van der Waals surface area (Å²) in [5.74, 6) is -0.774. The Hall–Kier alpha value is -2.70. The van der Waals surface area contributed by atoms with Crippen LogP contribution in [0.25, 0.3) is 0 Å². The van der Waals surface area contributed by atoms with Crippen molar-refractivity contribution in [1.82, 2.24) is 5.32 Å². The third kappa shape index (κ3) is 5.37. The van der Waals surface area contributed by atoms with Gasteiger partial charge in [-0.3, -0.25) is 0 Å². The first-order valence-corrected chi connectivity index (χ1v) is 10.7. The normalized spacial score (nSPS) is 19.3. The molecule has 1 fully saturated rings. The molecule has 1 N–H and O–H groups in total. The van der Waals surface area contributed by atoms with Crippen molar-refractivity contribution in [2.24, 2.45) is 5.92 Å². The summed E-state index contributed by atoms with van der Waals surface area (Å²) in [6.07, 6.45) is -4.05. The van der Waals surface area contributed by atoms with E-state index in [1.165, 1.54) is 0 Å². The lowest BCUT2D eigenvalue weighted by Gasteiger charge is -2.38. The summed E-state index contributed by atoms with van der Waals surface area (Å²) >= 11 is 0. The Kier molecular flexibility index (Phi) is 6.92. The van der Waals surface area contributed by atoms with Gasteiger partial charge in [-0.05, 0) is 47.9 Å². The van der Waals surface area contributed by atoms with Gasteiger partial charge in [0.25, 0.3) is 0 Å². The Balaban J connectivity index is 1.59. The third-order valence-corrected chi connectivity index (χ3v) is 5.96. The van der Waals surface area contributed by atoms with E-state index in [2.05, 4.69) is 29.6 Å². The largest absolute Gasteiger partial charge is 0.416 e. The molecule has 0 aliphatic carbocycles. The second-order valence-corrected chi connectivity index (χ2v) is 8.15. The van der Waals surface area contributed by atoms with Crippen LogP contribution in [0.15, 0.2) is 78.9 Å². The van der Waals surface area contributed by atoms with Crippen molar-refractivity contribution in [3.63, 3.8) is 0 Å². The Labute approximate surface area is 185 Å². The van der Waals surface area contributed by atoms with Crippen molar-refractivity contribution < 1.29 is 22.3 Å². The maximum absolute atomic E-state index is 13.8. The number of hydrogen-bond donors (Lipinski definition) is 1. The third-order valence-electron chi connectivity index (χ3n) is 5.96. The summed E-state index contributed by atoms with van der Waals surface area (Å²) in [6.45, 7) is 1.41. The fourth-order valence-electron chi connectivity index (χ4n) is 4.51. The number of halogens is 4. The monoisotopic (exact) mass is 443 g/mol. The highest BCUT2D eigenvalue weighted by molar-refractivity contribution is 5.34. The topological polar surface area (TPSA) is 21.3 Å². The number of hydrogen-bond acceptors (Lipinski definition) is 2. The van der Waals surface area contributed by atoms with E-state index < -0.39 is 17.6 Å². The van der Waals surface area contributed by atoms with E-state index >= 15 is 0 Å². The molecule has 1 heterocycles. The Bertz CT molecular complexity index is 968. The van der Waals surface area contributed by atoms with Crippen molar-refractivity contribution in [3.8, 4) is 0 Å². The molecule has 0 amide bonds. The zero-order valence-electron chi connectivity index (χ0n) is 17.5. The molecule has 6 heteroatoms. The van der Waals surface area contributed by atoms with Crippen LogP contribution in [0.2, 0.25) is 0 Å². The van der Waals surface area contributed by atoms with E-state index in [-0.39, 0.29) is 30.1 Å². The quantitative estimate of drug-likeness (QED) is 0.460. The average Bonchev–Trinajstić information content (AvgIpc) is 2.79. The number of rotatable bonds is 6. The molecule has 168 valence electrons. The molecule has 0 saturated carbocycles. The average molecular weight is 443 g/mol. The first kappa shape index (κ1) is 22.5. The van der Waals surface area contributed by atoms with Crippen LogP contribution in [0, 0.1) is 11.7 Å². The molecule has 2 unspecified atom stereocenters. The van der Waals surface area contributed by atoms with E-state index in [9.17, 15) is 17.6 Å². The molecule has 1 saturated heterocycles. The molecular weight excluding hydrogens is 418 g/mol. The fraction of sp³-hybridized carbons (Fsp3) is 0.308. The van der Waals surface area contributed by atoms with Crippen LogP contribution in [-0.2, 0) is 17.5 Å². The number of piperidine rings is 1. The smallest absolute Gasteiger partial charge is 0.373 e. The Morgan fingerprint density at radius 3 is 2.12 bits per heavy atom. The molecule has 1 aliphatic heterocycles. The van der Waals surface area contributed by atoms with Crippen molar-refractivity contribution in [2.75, 3.05) is 13.1 Å². The SMILES string of the molecule is Fc1cc(COC2CCNCC2C(c2ccccc2)c2ccccc2)cc(C(F)(F)F)c1. The predicted molar refractivity (Wildman–Crippen MR) is 116 cm³/mol. The molecule has 0 spiro atoms. The van der Waals surface area contributed by atoms with Crippen LogP contribution in [0.1, 0.15) is 34.6 Å². The maximum atomic E-state index is 13.8. The molecule has 2 nitrogen and oxygen atoms in total. The first-order valence-electron chi connectivity index (χ1n) is 10.7. The highest BCUT2D eigenvalue weighted by atomic mass is 19.4. The number of benzene rings is 3. The van der Waals surface area contributed by atoms with Gasteiger partial charge in [0, 0.05) is 18.4 Å².